The van der Waals surface area contributed by atoms with Gasteiger partial charge < -0.3 is 10.8 Å². The summed E-state index contributed by atoms with van der Waals surface area (Å²) in [5.74, 6) is -0.740. The van der Waals surface area contributed by atoms with Crippen LogP contribution in [0.15, 0.2) is 60.7 Å². The van der Waals surface area contributed by atoms with Gasteiger partial charge in [-0.3, -0.25) is 4.79 Å². The van der Waals surface area contributed by atoms with E-state index in [0.29, 0.717) is 6.42 Å². The Hall–Kier alpha value is -1.76. The number of aryl methyl sites for hydroxylation is 1. The van der Waals surface area contributed by atoms with E-state index in [1.807, 2.05) is 60.7 Å². The number of carboxylic acid groups (broad SMARTS) is 1. The Morgan fingerprint density at radius 2 is 1.33 bits per heavy atom. The first-order chi connectivity index (χ1) is 11.2. The molecule has 132 valence electrons. The van der Waals surface area contributed by atoms with Gasteiger partial charge in [0.05, 0.1) is 0 Å². The Labute approximate surface area is 150 Å². The maximum Gasteiger partial charge on any atom is 0.317 e. The van der Waals surface area contributed by atoms with Crippen molar-refractivity contribution in [3.05, 3.63) is 66.2 Å². The molecule has 0 saturated heterocycles. The van der Waals surface area contributed by atoms with Crippen molar-refractivity contribution < 1.29 is 18.3 Å². The van der Waals surface area contributed by atoms with Gasteiger partial charge in [0.1, 0.15) is 0 Å². The normalized spacial score (nSPS) is 9.75. The van der Waals surface area contributed by atoms with E-state index in [0.717, 1.165) is 17.7 Å². The van der Waals surface area contributed by atoms with Gasteiger partial charge in [0.15, 0.2) is 0 Å². The number of hydrogen-bond donors (Lipinski definition) is 2. The maximum atomic E-state index is 10.2. The van der Waals surface area contributed by atoms with E-state index < -0.39 is 14.2 Å². The molecule has 0 saturated carbocycles. The smallest absolute Gasteiger partial charge is 0.317 e. The predicted octanol–water partition coefficient (Wildman–Crippen LogP) is 4.07. The molecule has 8 heteroatoms. The Balaban J connectivity index is 0.000000397. The maximum absolute atomic E-state index is 10.2. The van der Waals surface area contributed by atoms with Crippen LogP contribution in [-0.4, -0.2) is 19.5 Å². The van der Waals surface area contributed by atoms with Crippen LogP contribution >= 0.6 is 21.4 Å². The summed E-state index contributed by atoms with van der Waals surface area (Å²) in [4.78, 5) is 10.2. The second-order valence-corrected chi connectivity index (χ2v) is 8.19. The molecule has 0 aliphatic rings. The van der Waals surface area contributed by atoms with Crippen molar-refractivity contribution in [3.63, 3.8) is 0 Å². The summed E-state index contributed by atoms with van der Waals surface area (Å²) in [6.45, 7) is 0. The number of hydrogen-bond acceptors (Lipinski definition) is 4. The molecule has 0 atom stereocenters. The first-order valence-electron chi connectivity index (χ1n) is 6.89. The molecule has 5 nitrogen and oxygen atoms in total. The van der Waals surface area contributed by atoms with Crippen molar-refractivity contribution in [2.24, 2.45) is 0 Å². The number of nitrogens with two attached hydrogens (primary N) is 1. The quantitative estimate of drug-likeness (QED) is 0.604. The first kappa shape index (κ1) is 22.2. The van der Waals surface area contributed by atoms with Gasteiger partial charge in [-0.05, 0) is 30.5 Å². The molecule has 0 fully saturated rings. The van der Waals surface area contributed by atoms with E-state index in [1.54, 1.807) is 0 Å². The third-order valence-corrected chi connectivity index (χ3v) is 2.50. The Morgan fingerprint density at radius 1 is 0.958 bits per heavy atom. The Kier molecular flexibility index (Phi) is 11.7. The Morgan fingerprint density at radius 3 is 1.67 bits per heavy atom. The zero-order chi connectivity index (χ0) is 18.4. The molecule has 0 radical (unpaired) electrons. The van der Waals surface area contributed by atoms with Crippen LogP contribution in [0.3, 0.4) is 0 Å². The molecule has 0 unspecified atom stereocenters. The molecular weight excluding hydrogens is 373 g/mol. The molecule has 0 amide bonds. The van der Waals surface area contributed by atoms with Gasteiger partial charge >= 0.3 is 14.2 Å². The van der Waals surface area contributed by atoms with E-state index in [9.17, 15) is 4.79 Å². The Bertz CT molecular complexity index is 642. The lowest BCUT2D eigenvalue weighted by atomic mass is 10.1. The van der Waals surface area contributed by atoms with Crippen LogP contribution in [0, 0.1) is 0 Å². The van der Waals surface area contributed by atoms with Gasteiger partial charge in [0.2, 0.25) is 0 Å². The highest BCUT2D eigenvalue weighted by atomic mass is 36.0. The fourth-order valence-corrected chi connectivity index (χ4v) is 1.51. The molecule has 0 bridgehead atoms. The molecule has 24 heavy (non-hydrogen) atoms. The van der Waals surface area contributed by atoms with E-state index in [4.69, 9.17) is 19.3 Å². The predicted molar refractivity (Wildman–Crippen MR) is 98.5 cm³/mol. The SMILES string of the molecule is Nc1ccc(CCCC(=O)O)cc1.O=S(=O)(Cl)Cl.c1ccccc1. The molecule has 2 aromatic carbocycles. The first-order valence-corrected chi connectivity index (χ1v) is 10.0. The monoisotopic (exact) mass is 391 g/mol. The zero-order valence-corrected chi connectivity index (χ0v) is 15.1. The number of anilines is 1. The number of halogens is 2. The molecule has 3 N–H and O–H groups in total. The van der Waals surface area contributed by atoms with Gasteiger partial charge in [-0.15, -0.1) is 0 Å². The topological polar surface area (TPSA) is 97.5 Å². The van der Waals surface area contributed by atoms with Crippen molar-refractivity contribution in [2.75, 3.05) is 5.73 Å². The summed E-state index contributed by atoms with van der Waals surface area (Å²) in [5.41, 5.74) is 7.38. The molecular formula is C16H19Cl2NO4S. The van der Waals surface area contributed by atoms with Crippen LogP contribution in [0.2, 0.25) is 0 Å². The van der Waals surface area contributed by atoms with Crippen LogP contribution < -0.4 is 5.73 Å². The number of rotatable bonds is 4. The third kappa shape index (κ3) is 18.3. The second-order valence-electron chi connectivity index (χ2n) is 4.52. The van der Waals surface area contributed by atoms with Gasteiger partial charge in [0, 0.05) is 33.5 Å². The zero-order valence-electron chi connectivity index (χ0n) is 12.8. The third-order valence-electron chi connectivity index (χ3n) is 2.50. The summed E-state index contributed by atoms with van der Waals surface area (Å²) in [6.07, 6.45) is 1.70. The summed E-state index contributed by atoms with van der Waals surface area (Å²) in [5, 5.41) is 8.42. The summed E-state index contributed by atoms with van der Waals surface area (Å²) in [7, 11) is 4.81. The number of aliphatic carboxylic acids is 1. The molecule has 0 heterocycles. The summed E-state index contributed by atoms with van der Waals surface area (Å²) >= 11 is 0. The van der Waals surface area contributed by atoms with Crippen LogP contribution in [-0.2, 0) is 19.5 Å². The molecule has 0 aromatic heterocycles. The van der Waals surface area contributed by atoms with E-state index in [-0.39, 0.29) is 6.42 Å². The van der Waals surface area contributed by atoms with Crippen LogP contribution in [0.5, 0.6) is 0 Å². The van der Waals surface area contributed by atoms with Gasteiger partial charge in [0.25, 0.3) is 0 Å². The second kappa shape index (κ2) is 12.6. The molecule has 2 aromatic rings. The fraction of sp³-hybridized carbons (Fsp3) is 0.188. The lowest BCUT2D eigenvalue weighted by Gasteiger charge is -1.99. The van der Waals surface area contributed by atoms with E-state index in [1.165, 1.54) is 0 Å². The number of nitrogen functional groups attached to an aromatic ring is 1. The van der Waals surface area contributed by atoms with Crippen molar-refractivity contribution >= 4 is 41.3 Å². The number of carbonyl (C=O) groups is 1. The minimum absolute atomic E-state index is 0.227. The van der Waals surface area contributed by atoms with Crippen molar-refractivity contribution in [1.82, 2.24) is 0 Å². The number of benzene rings is 2. The molecule has 0 aliphatic carbocycles. The fourth-order valence-electron chi connectivity index (χ4n) is 1.51. The van der Waals surface area contributed by atoms with E-state index in [2.05, 4.69) is 21.4 Å². The van der Waals surface area contributed by atoms with E-state index >= 15 is 0 Å². The average Bonchev–Trinajstić information content (AvgIpc) is 2.50. The van der Waals surface area contributed by atoms with Crippen LogP contribution in [0.1, 0.15) is 18.4 Å². The molecule has 0 spiro atoms. The minimum Gasteiger partial charge on any atom is -0.481 e. The highest BCUT2D eigenvalue weighted by molar-refractivity contribution is 8.31. The molecule has 2 rings (SSSR count). The lowest BCUT2D eigenvalue weighted by molar-refractivity contribution is -0.137. The average molecular weight is 392 g/mol. The van der Waals surface area contributed by atoms with Gasteiger partial charge in [-0.2, -0.15) is 8.42 Å². The summed E-state index contributed by atoms with van der Waals surface area (Å²) < 4.78 is 18.3. The van der Waals surface area contributed by atoms with Crippen molar-refractivity contribution in [3.8, 4) is 0 Å². The van der Waals surface area contributed by atoms with Gasteiger partial charge in [-0.25, -0.2) is 0 Å². The summed E-state index contributed by atoms with van der Waals surface area (Å²) in [6, 6.07) is 19.5. The highest BCUT2D eigenvalue weighted by Gasteiger charge is 1.97. The van der Waals surface area contributed by atoms with Crippen LogP contribution in [0.4, 0.5) is 5.69 Å². The largest absolute Gasteiger partial charge is 0.481 e. The minimum atomic E-state index is -3.72. The van der Waals surface area contributed by atoms with Crippen molar-refractivity contribution in [2.45, 2.75) is 19.3 Å². The molecule has 0 aliphatic heterocycles. The highest BCUT2D eigenvalue weighted by Crippen LogP contribution is 2.08. The van der Waals surface area contributed by atoms with Gasteiger partial charge in [-0.1, -0.05) is 48.5 Å². The number of carboxylic acids is 1. The lowest BCUT2D eigenvalue weighted by Crippen LogP contribution is -1.96. The van der Waals surface area contributed by atoms with Crippen LogP contribution in [0.25, 0.3) is 0 Å². The van der Waals surface area contributed by atoms with Crippen molar-refractivity contribution in [1.29, 1.82) is 0 Å². The standard InChI is InChI=1S/C10H13NO2.C6H6.Cl2O2S/c11-9-6-4-8(5-7-9)2-1-3-10(12)13;1-2-4-6-5-3-1;1-5(2,3)4/h4-7H,1-3,11H2,(H,12,13);1-6H;.